The van der Waals surface area contributed by atoms with Crippen molar-refractivity contribution in [1.29, 1.82) is 0 Å². The van der Waals surface area contributed by atoms with Gasteiger partial charge in [-0.15, -0.1) is 0 Å². The van der Waals surface area contributed by atoms with E-state index in [4.69, 9.17) is 21.1 Å². The van der Waals surface area contributed by atoms with Gasteiger partial charge in [0.15, 0.2) is 0 Å². The molecule has 3 rings (SSSR count). The molecule has 0 radical (unpaired) electrons. The molecule has 0 aromatic heterocycles. The minimum absolute atomic E-state index is 0.0630. The van der Waals surface area contributed by atoms with Crippen LogP contribution < -0.4 is 9.46 Å². The lowest BCUT2D eigenvalue weighted by molar-refractivity contribution is -0.0300. The molecule has 1 atom stereocenters. The molecule has 28 heavy (non-hydrogen) atoms. The summed E-state index contributed by atoms with van der Waals surface area (Å²) in [6.45, 7) is 3.50. The Balaban J connectivity index is 1.48. The summed E-state index contributed by atoms with van der Waals surface area (Å²) < 4.78 is 38.4. The summed E-state index contributed by atoms with van der Waals surface area (Å²) in [5, 5.41) is 0.269. The molecule has 0 saturated carbocycles. The van der Waals surface area contributed by atoms with Gasteiger partial charge in [0, 0.05) is 19.6 Å². The van der Waals surface area contributed by atoms with Gasteiger partial charge in [0.05, 0.1) is 29.7 Å². The van der Waals surface area contributed by atoms with Crippen molar-refractivity contribution in [3.05, 3.63) is 59.1 Å². The maximum atomic E-state index is 12.4. The minimum Gasteiger partial charge on any atom is -0.495 e. The van der Waals surface area contributed by atoms with Crippen molar-refractivity contribution in [3.63, 3.8) is 0 Å². The number of morpholine rings is 1. The van der Waals surface area contributed by atoms with Crippen LogP contribution >= 0.6 is 11.6 Å². The molecule has 0 amide bonds. The van der Waals surface area contributed by atoms with E-state index in [2.05, 4.69) is 21.8 Å². The van der Waals surface area contributed by atoms with Gasteiger partial charge in [-0.2, -0.15) is 0 Å². The van der Waals surface area contributed by atoms with Gasteiger partial charge in [0.25, 0.3) is 0 Å². The molecule has 1 saturated heterocycles. The predicted molar refractivity (Wildman–Crippen MR) is 109 cm³/mol. The summed E-state index contributed by atoms with van der Waals surface area (Å²) in [6.07, 6.45) is 0.776. The van der Waals surface area contributed by atoms with E-state index in [0.717, 1.165) is 19.6 Å². The van der Waals surface area contributed by atoms with Crippen molar-refractivity contribution in [1.82, 2.24) is 9.62 Å². The third-order valence-corrected chi connectivity index (χ3v) is 6.45. The average molecular weight is 425 g/mol. The molecule has 6 nitrogen and oxygen atoms in total. The zero-order valence-corrected chi connectivity index (χ0v) is 17.4. The Labute approximate surface area is 171 Å². The first-order valence-corrected chi connectivity index (χ1v) is 11.1. The zero-order chi connectivity index (χ0) is 20.0. The highest BCUT2D eigenvalue weighted by Gasteiger charge is 2.22. The average Bonchev–Trinajstić information content (AvgIpc) is 2.72. The van der Waals surface area contributed by atoms with Crippen molar-refractivity contribution in [2.75, 3.05) is 39.9 Å². The van der Waals surface area contributed by atoms with E-state index in [9.17, 15) is 8.42 Å². The Hall–Kier alpha value is -1.64. The van der Waals surface area contributed by atoms with Crippen LogP contribution in [0.1, 0.15) is 18.1 Å². The second-order valence-corrected chi connectivity index (χ2v) is 8.79. The number of rotatable bonds is 8. The second kappa shape index (κ2) is 9.71. The Kier molecular flexibility index (Phi) is 7.31. The van der Waals surface area contributed by atoms with E-state index in [1.165, 1.54) is 24.8 Å². The molecule has 0 unspecified atom stereocenters. The molecular weight excluding hydrogens is 400 g/mol. The highest BCUT2D eigenvalue weighted by Crippen LogP contribution is 2.27. The molecule has 2 aromatic carbocycles. The number of benzene rings is 2. The number of halogens is 1. The molecule has 8 heteroatoms. The first kappa shape index (κ1) is 21.1. The fourth-order valence-electron chi connectivity index (χ4n) is 3.18. The van der Waals surface area contributed by atoms with Crippen molar-refractivity contribution in [2.24, 2.45) is 0 Å². The zero-order valence-electron chi connectivity index (χ0n) is 15.8. The number of nitrogens with zero attached hydrogens (tertiary/aromatic N) is 1. The van der Waals surface area contributed by atoms with Crippen LogP contribution in [0.4, 0.5) is 0 Å². The number of methoxy groups -OCH3 is 1. The number of hydrogen-bond acceptors (Lipinski definition) is 5. The van der Waals surface area contributed by atoms with Crippen molar-refractivity contribution in [3.8, 4) is 5.75 Å². The van der Waals surface area contributed by atoms with Gasteiger partial charge in [0.1, 0.15) is 5.75 Å². The van der Waals surface area contributed by atoms with Crippen LogP contribution in [0.3, 0.4) is 0 Å². The number of nitrogens with one attached hydrogen (secondary N) is 1. The minimum atomic E-state index is -3.60. The maximum Gasteiger partial charge on any atom is 0.240 e. The van der Waals surface area contributed by atoms with Crippen molar-refractivity contribution < 1.29 is 17.9 Å². The van der Waals surface area contributed by atoms with Crippen LogP contribution in [-0.2, 0) is 14.8 Å². The standard InChI is InChI=1S/C20H25ClN2O4S/c1-26-19-9-8-17(14-18(19)21)28(24,25)22-10-5-11-23-12-13-27-20(15-23)16-6-3-2-4-7-16/h2-4,6-9,14,20,22H,5,10-13,15H2,1H3/t20-/m0/s1. The molecule has 152 valence electrons. The summed E-state index contributed by atoms with van der Waals surface area (Å²) in [6, 6.07) is 14.6. The summed E-state index contributed by atoms with van der Waals surface area (Å²) in [5.74, 6) is 0.445. The molecule has 1 aliphatic heterocycles. The van der Waals surface area contributed by atoms with E-state index in [1.54, 1.807) is 6.07 Å². The molecule has 1 aliphatic rings. The fraction of sp³-hybridized carbons (Fsp3) is 0.400. The molecule has 1 N–H and O–H groups in total. The third kappa shape index (κ3) is 5.46. The van der Waals surface area contributed by atoms with Gasteiger partial charge in [-0.25, -0.2) is 13.1 Å². The lowest BCUT2D eigenvalue weighted by Crippen LogP contribution is -2.39. The molecule has 1 heterocycles. The van der Waals surface area contributed by atoms with E-state index in [1.807, 2.05) is 18.2 Å². The van der Waals surface area contributed by atoms with Gasteiger partial charge in [-0.05, 0) is 36.7 Å². The van der Waals surface area contributed by atoms with Crippen LogP contribution in [0.15, 0.2) is 53.4 Å². The highest BCUT2D eigenvalue weighted by molar-refractivity contribution is 7.89. The smallest absolute Gasteiger partial charge is 0.240 e. The molecule has 2 aromatic rings. The predicted octanol–water partition coefficient (Wildman–Crippen LogP) is 3.09. The largest absolute Gasteiger partial charge is 0.495 e. The first-order valence-electron chi connectivity index (χ1n) is 9.22. The topological polar surface area (TPSA) is 67.9 Å². The summed E-state index contributed by atoms with van der Waals surface area (Å²) in [5.41, 5.74) is 1.17. The molecule has 0 spiro atoms. The van der Waals surface area contributed by atoms with Gasteiger partial charge in [-0.1, -0.05) is 41.9 Å². The van der Waals surface area contributed by atoms with Gasteiger partial charge in [0.2, 0.25) is 10.0 Å². The quantitative estimate of drug-likeness (QED) is 0.659. The van der Waals surface area contributed by atoms with Crippen LogP contribution in [0, 0.1) is 0 Å². The third-order valence-electron chi connectivity index (χ3n) is 4.70. The Bertz CT molecular complexity index is 877. The molecular formula is C20H25ClN2O4S. The Morgan fingerprint density at radius 3 is 2.75 bits per heavy atom. The highest BCUT2D eigenvalue weighted by atomic mass is 35.5. The number of sulfonamides is 1. The van der Waals surface area contributed by atoms with Gasteiger partial charge >= 0.3 is 0 Å². The van der Waals surface area contributed by atoms with E-state index >= 15 is 0 Å². The summed E-state index contributed by atoms with van der Waals surface area (Å²) in [4.78, 5) is 2.44. The molecule has 1 fully saturated rings. The normalized spacial score (nSPS) is 18.1. The van der Waals surface area contributed by atoms with Crippen molar-refractivity contribution >= 4 is 21.6 Å². The van der Waals surface area contributed by atoms with E-state index in [0.29, 0.717) is 25.3 Å². The first-order chi connectivity index (χ1) is 13.5. The van der Waals surface area contributed by atoms with E-state index < -0.39 is 10.0 Å². The summed E-state index contributed by atoms with van der Waals surface area (Å²) in [7, 11) is -2.11. The lowest BCUT2D eigenvalue weighted by atomic mass is 10.1. The Morgan fingerprint density at radius 2 is 2.04 bits per heavy atom. The van der Waals surface area contributed by atoms with Gasteiger partial charge < -0.3 is 9.47 Å². The van der Waals surface area contributed by atoms with E-state index in [-0.39, 0.29) is 16.0 Å². The second-order valence-electron chi connectivity index (χ2n) is 6.62. The Morgan fingerprint density at radius 1 is 1.25 bits per heavy atom. The number of ether oxygens (including phenoxy) is 2. The van der Waals surface area contributed by atoms with Crippen LogP contribution in [0.2, 0.25) is 5.02 Å². The summed E-state index contributed by atoms with van der Waals surface area (Å²) >= 11 is 6.03. The van der Waals surface area contributed by atoms with Crippen LogP contribution in [0.5, 0.6) is 5.75 Å². The SMILES string of the molecule is COc1ccc(S(=O)(=O)NCCCN2CCO[C@H](c3ccccc3)C2)cc1Cl. The monoisotopic (exact) mass is 424 g/mol. The molecule has 0 aliphatic carbocycles. The fourth-order valence-corrected chi connectivity index (χ4v) is 4.60. The maximum absolute atomic E-state index is 12.4. The number of hydrogen-bond donors (Lipinski definition) is 1. The van der Waals surface area contributed by atoms with Crippen LogP contribution in [0.25, 0.3) is 0 Å². The van der Waals surface area contributed by atoms with Gasteiger partial charge in [-0.3, -0.25) is 4.90 Å². The van der Waals surface area contributed by atoms with Crippen LogP contribution in [-0.4, -0.2) is 53.2 Å². The van der Waals surface area contributed by atoms with Crippen molar-refractivity contribution in [2.45, 2.75) is 17.4 Å². The molecule has 0 bridgehead atoms. The lowest BCUT2D eigenvalue weighted by Gasteiger charge is -2.33.